The molecule has 1 amide bonds. The summed E-state index contributed by atoms with van der Waals surface area (Å²) < 4.78 is 35.1. The second-order valence-electron chi connectivity index (χ2n) is 7.01. The average Bonchev–Trinajstić information content (AvgIpc) is 2.84. The van der Waals surface area contributed by atoms with Crippen LogP contribution in [0.15, 0.2) is 101 Å². The van der Waals surface area contributed by atoms with E-state index >= 15 is 0 Å². The molecule has 0 heterocycles. The van der Waals surface area contributed by atoms with E-state index in [9.17, 15) is 13.2 Å². The van der Waals surface area contributed by atoms with E-state index in [1.807, 2.05) is 36.4 Å². The van der Waals surface area contributed by atoms with Crippen LogP contribution in [0, 0.1) is 0 Å². The van der Waals surface area contributed by atoms with E-state index in [1.54, 1.807) is 30.3 Å². The van der Waals surface area contributed by atoms with Crippen LogP contribution < -0.4 is 14.3 Å². The van der Waals surface area contributed by atoms with Gasteiger partial charge in [0.05, 0.1) is 13.3 Å². The first-order chi connectivity index (χ1) is 16.0. The highest BCUT2D eigenvalue weighted by Crippen LogP contribution is 2.21. The molecule has 8 heteroatoms. The fourth-order valence-electron chi connectivity index (χ4n) is 3.18. The summed E-state index contributed by atoms with van der Waals surface area (Å²) in [5.74, 6) is 0.376. The molecular weight excluding hydrogens is 440 g/mol. The van der Waals surface area contributed by atoms with Crippen LogP contribution in [-0.4, -0.2) is 27.6 Å². The molecule has 0 bridgehead atoms. The maximum Gasteiger partial charge on any atom is 0.339 e. The summed E-state index contributed by atoms with van der Waals surface area (Å²) in [5, 5.41) is 5.80. The van der Waals surface area contributed by atoms with Crippen LogP contribution in [-0.2, 0) is 10.1 Å². The molecule has 7 nitrogen and oxygen atoms in total. The molecule has 0 atom stereocenters. The molecule has 0 aromatic heterocycles. The summed E-state index contributed by atoms with van der Waals surface area (Å²) in [7, 11) is -2.47. The van der Waals surface area contributed by atoms with E-state index in [1.165, 1.54) is 37.6 Å². The van der Waals surface area contributed by atoms with Crippen LogP contribution in [0.2, 0.25) is 0 Å². The van der Waals surface area contributed by atoms with Gasteiger partial charge in [0.25, 0.3) is 5.91 Å². The van der Waals surface area contributed by atoms with Crippen LogP contribution in [0.25, 0.3) is 10.8 Å². The van der Waals surface area contributed by atoms with Crippen molar-refractivity contribution in [2.75, 3.05) is 7.11 Å². The van der Waals surface area contributed by atoms with E-state index < -0.39 is 10.1 Å². The summed E-state index contributed by atoms with van der Waals surface area (Å²) >= 11 is 0. The van der Waals surface area contributed by atoms with E-state index in [4.69, 9.17) is 8.92 Å². The number of nitrogens with zero attached hydrogens (tertiary/aromatic N) is 1. The highest BCUT2D eigenvalue weighted by Gasteiger charge is 2.16. The Balaban J connectivity index is 1.40. The largest absolute Gasteiger partial charge is 0.497 e. The highest BCUT2D eigenvalue weighted by atomic mass is 32.2. The predicted molar refractivity (Wildman–Crippen MR) is 126 cm³/mol. The number of hydrogen-bond donors (Lipinski definition) is 1. The predicted octanol–water partition coefficient (Wildman–Crippen LogP) is 4.38. The van der Waals surface area contributed by atoms with Gasteiger partial charge in [-0.15, -0.1) is 0 Å². The Bertz CT molecular complexity index is 1410. The minimum Gasteiger partial charge on any atom is -0.497 e. The van der Waals surface area contributed by atoms with Crippen LogP contribution in [0.3, 0.4) is 0 Å². The van der Waals surface area contributed by atoms with Gasteiger partial charge in [-0.05, 0) is 70.9 Å². The molecule has 0 aliphatic carbocycles. The number of rotatable bonds is 7. The van der Waals surface area contributed by atoms with E-state index in [0.29, 0.717) is 16.9 Å². The molecule has 166 valence electrons. The lowest BCUT2D eigenvalue weighted by molar-refractivity contribution is 0.0956. The standard InChI is InChI=1S/C25H20N2O5S/c1-31-20-13-15-22(16-14-20)33(29,30)32-21-11-9-18(10-12-21)17-26-27-25(28)24-8-4-6-19-5-2-3-7-23(19)24/h2-17H,1H3,(H,27,28)/b26-17-. The van der Waals surface area contributed by atoms with Gasteiger partial charge in [-0.25, -0.2) is 5.43 Å². The Hall–Kier alpha value is -4.17. The molecule has 0 unspecified atom stereocenters. The van der Waals surface area contributed by atoms with Gasteiger partial charge in [-0.2, -0.15) is 13.5 Å². The molecule has 4 aromatic rings. The third kappa shape index (κ3) is 5.19. The molecule has 0 aliphatic rings. The lowest BCUT2D eigenvalue weighted by Gasteiger charge is -2.08. The molecule has 4 aromatic carbocycles. The van der Waals surface area contributed by atoms with E-state index in [2.05, 4.69) is 10.5 Å². The molecule has 0 radical (unpaired) electrons. The molecule has 0 fully saturated rings. The summed E-state index contributed by atoms with van der Waals surface area (Å²) in [6.07, 6.45) is 1.46. The van der Waals surface area contributed by atoms with Gasteiger partial charge < -0.3 is 8.92 Å². The Labute approximate surface area is 191 Å². The van der Waals surface area contributed by atoms with Crippen molar-refractivity contribution < 1.29 is 22.1 Å². The molecule has 0 saturated carbocycles. The number of hydrogen-bond acceptors (Lipinski definition) is 6. The molecule has 33 heavy (non-hydrogen) atoms. The van der Waals surface area contributed by atoms with Crippen LogP contribution in [0.1, 0.15) is 15.9 Å². The third-order valence-corrected chi connectivity index (χ3v) is 6.11. The SMILES string of the molecule is COc1ccc(S(=O)(=O)Oc2ccc(/C=N\NC(=O)c3cccc4ccccc34)cc2)cc1. The second-order valence-corrected chi connectivity index (χ2v) is 8.55. The van der Waals surface area contributed by atoms with Crippen molar-refractivity contribution >= 4 is 33.0 Å². The molecular formula is C25H20N2O5S. The Morgan fingerprint density at radius 2 is 1.52 bits per heavy atom. The summed E-state index contributed by atoms with van der Waals surface area (Å²) in [5.41, 5.74) is 3.70. The number of fused-ring (bicyclic) bond motifs is 1. The first-order valence-corrected chi connectivity index (χ1v) is 11.4. The zero-order valence-corrected chi connectivity index (χ0v) is 18.5. The number of ether oxygens (including phenoxy) is 1. The molecule has 4 rings (SSSR count). The van der Waals surface area contributed by atoms with Crippen LogP contribution in [0.4, 0.5) is 0 Å². The molecule has 0 spiro atoms. The quantitative estimate of drug-likeness (QED) is 0.251. The summed E-state index contributed by atoms with van der Waals surface area (Å²) in [4.78, 5) is 12.5. The molecule has 0 aliphatic heterocycles. The maximum absolute atomic E-state index is 12.5. The minimum absolute atomic E-state index is 0.0186. The van der Waals surface area contributed by atoms with Gasteiger partial charge >= 0.3 is 10.1 Å². The number of benzene rings is 4. The van der Waals surface area contributed by atoms with E-state index in [0.717, 1.165) is 10.8 Å². The number of carbonyl (C=O) groups excluding carboxylic acids is 1. The number of hydrazone groups is 1. The monoisotopic (exact) mass is 460 g/mol. The van der Waals surface area contributed by atoms with Crippen molar-refractivity contribution in [3.63, 3.8) is 0 Å². The maximum atomic E-state index is 12.5. The van der Waals surface area contributed by atoms with Crippen molar-refractivity contribution in [2.45, 2.75) is 4.90 Å². The van der Waals surface area contributed by atoms with Crippen molar-refractivity contribution in [1.82, 2.24) is 5.43 Å². The summed E-state index contributed by atoms with van der Waals surface area (Å²) in [6, 6.07) is 25.3. The topological polar surface area (TPSA) is 94.1 Å². The normalized spacial score (nSPS) is 11.4. The van der Waals surface area contributed by atoms with Gasteiger partial charge in [0, 0.05) is 5.56 Å². The summed E-state index contributed by atoms with van der Waals surface area (Å²) in [6.45, 7) is 0. The number of methoxy groups -OCH3 is 1. The first-order valence-electron chi connectivity index (χ1n) is 9.96. The van der Waals surface area contributed by atoms with Crippen molar-refractivity contribution in [2.24, 2.45) is 5.10 Å². The number of amides is 1. The van der Waals surface area contributed by atoms with Gasteiger partial charge in [0.1, 0.15) is 16.4 Å². The zero-order chi connectivity index (χ0) is 23.3. The Morgan fingerprint density at radius 3 is 2.24 bits per heavy atom. The van der Waals surface area contributed by atoms with Gasteiger partial charge in [-0.3, -0.25) is 4.79 Å². The number of carbonyl (C=O) groups is 1. The van der Waals surface area contributed by atoms with E-state index in [-0.39, 0.29) is 16.6 Å². The van der Waals surface area contributed by atoms with Gasteiger partial charge in [0.2, 0.25) is 0 Å². The first kappa shape index (κ1) is 22.0. The van der Waals surface area contributed by atoms with Crippen molar-refractivity contribution in [3.8, 4) is 11.5 Å². The van der Waals surface area contributed by atoms with Gasteiger partial charge in [-0.1, -0.05) is 36.4 Å². The highest BCUT2D eigenvalue weighted by molar-refractivity contribution is 7.87. The van der Waals surface area contributed by atoms with Crippen molar-refractivity contribution in [1.29, 1.82) is 0 Å². The van der Waals surface area contributed by atoms with Crippen molar-refractivity contribution in [3.05, 3.63) is 102 Å². The van der Waals surface area contributed by atoms with Gasteiger partial charge in [0.15, 0.2) is 0 Å². The Morgan fingerprint density at radius 1 is 0.848 bits per heavy atom. The zero-order valence-electron chi connectivity index (χ0n) is 17.6. The second kappa shape index (κ2) is 9.54. The number of nitrogens with one attached hydrogen (secondary N) is 1. The van der Waals surface area contributed by atoms with Crippen LogP contribution >= 0.6 is 0 Å². The lowest BCUT2D eigenvalue weighted by atomic mass is 10.0. The minimum atomic E-state index is -3.97. The fraction of sp³-hybridized carbons (Fsp3) is 0.0400. The molecule has 1 N–H and O–H groups in total. The molecule has 0 saturated heterocycles. The lowest BCUT2D eigenvalue weighted by Crippen LogP contribution is -2.17. The average molecular weight is 461 g/mol. The van der Waals surface area contributed by atoms with Crippen LogP contribution in [0.5, 0.6) is 11.5 Å². The fourth-order valence-corrected chi connectivity index (χ4v) is 4.11. The Kier molecular flexibility index (Phi) is 6.37. The smallest absolute Gasteiger partial charge is 0.339 e. The third-order valence-electron chi connectivity index (χ3n) is 4.85.